The lowest BCUT2D eigenvalue weighted by atomic mass is 9.99. The van der Waals surface area contributed by atoms with Crippen LogP contribution in [0.4, 0.5) is 13.2 Å². The van der Waals surface area contributed by atoms with Crippen molar-refractivity contribution < 1.29 is 18.0 Å². The summed E-state index contributed by atoms with van der Waals surface area (Å²) in [6.07, 6.45) is -3.35. The maximum absolute atomic E-state index is 11.9. The smallest absolute Gasteiger partial charge is 0.334 e. The maximum Gasteiger partial charge on any atom is 0.406 e. The number of hydrogen-bond donors (Lipinski definition) is 0. The molecule has 1 aliphatic rings. The van der Waals surface area contributed by atoms with Crippen LogP contribution in [0.2, 0.25) is 0 Å². The highest BCUT2D eigenvalue weighted by Gasteiger charge is 2.34. The Hall–Kier alpha value is -0.740. The van der Waals surface area contributed by atoms with Crippen LogP contribution in [-0.4, -0.2) is 30.1 Å². The number of carbonyl (C=O) groups excluding carboxylic acids is 1. The van der Waals surface area contributed by atoms with Crippen molar-refractivity contribution in [3.8, 4) is 0 Å². The molecule has 0 radical (unpaired) electrons. The number of hydrogen-bond acceptors (Lipinski definition) is 1. The first kappa shape index (κ1) is 10.3. The van der Waals surface area contributed by atoms with Gasteiger partial charge in [0.1, 0.15) is 6.54 Å². The summed E-state index contributed by atoms with van der Waals surface area (Å²) >= 11 is 0. The van der Waals surface area contributed by atoms with E-state index < -0.39 is 12.7 Å². The lowest BCUT2D eigenvalue weighted by Gasteiger charge is -2.30. The minimum Gasteiger partial charge on any atom is -0.334 e. The van der Waals surface area contributed by atoms with Crippen molar-refractivity contribution >= 4 is 5.91 Å². The van der Waals surface area contributed by atoms with E-state index in [0.29, 0.717) is 6.42 Å². The lowest BCUT2D eigenvalue weighted by Crippen LogP contribution is -2.43. The standard InChI is InChI=1S/C8H12F3NO/c1-6-2-3-12(7(13)4-6)5-8(9,10)11/h6H,2-5H2,1H3. The minimum atomic E-state index is -4.27. The van der Waals surface area contributed by atoms with Crippen molar-refractivity contribution in [3.63, 3.8) is 0 Å². The Morgan fingerprint density at radius 3 is 2.62 bits per heavy atom. The van der Waals surface area contributed by atoms with E-state index in [2.05, 4.69) is 0 Å². The van der Waals surface area contributed by atoms with E-state index in [1.54, 1.807) is 0 Å². The average molecular weight is 195 g/mol. The van der Waals surface area contributed by atoms with Crippen molar-refractivity contribution in [3.05, 3.63) is 0 Å². The van der Waals surface area contributed by atoms with E-state index in [-0.39, 0.29) is 24.8 Å². The summed E-state index contributed by atoms with van der Waals surface area (Å²) in [4.78, 5) is 12.0. The molecular formula is C8H12F3NO. The third-order valence-electron chi connectivity index (χ3n) is 2.14. The normalized spacial score (nSPS) is 25.1. The summed E-state index contributed by atoms with van der Waals surface area (Å²) < 4.78 is 35.8. The molecule has 0 aromatic rings. The highest BCUT2D eigenvalue weighted by atomic mass is 19.4. The van der Waals surface area contributed by atoms with Gasteiger partial charge in [-0.15, -0.1) is 0 Å². The Bertz CT molecular complexity index is 202. The van der Waals surface area contributed by atoms with E-state index in [9.17, 15) is 18.0 Å². The summed E-state index contributed by atoms with van der Waals surface area (Å²) in [7, 11) is 0. The van der Waals surface area contributed by atoms with Crippen LogP contribution in [0.15, 0.2) is 0 Å². The molecule has 0 spiro atoms. The Balaban J connectivity index is 2.48. The van der Waals surface area contributed by atoms with Gasteiger partial charge in [0.05, 0.1) is 0 Å². The molecular weight excluding hydrogens is 183 g/mol. The monoisotopic (exact) mass is 195 g/mol. The molecule has 5 heteroatoms. The topological polar surface area (TPSA) is 20.3 Å². The van der Waals surface area contributed by atoms with Crippen LogP contribution in [0, 0.1) is 5.92 Å². The second-order valence-corrected chi connectivity index (χ2v) is 3.53. The molecule has 1 saturated heterocycles. The summed E-state index contributed by atoms with van der Waals surface area (Å²) in [6, 6.07) is 0. The predicted octanol–water partition coefficient (Wildman–Crippen LogP) is 1.81. The van der Waals surface area contributed by atoms with E-state index in [0.717, 1.165) is 4.90 Å². The molecule has 1 fully saturated rings. The summed E-state index contributed by atoms with van der Waals surface area (Å²) in [5.41, 5.74) is 0. The minimum absolute atomic E-state index is 0.219. The Labute approximate surface area is 74.7 Å². The average Bonchev–Trinajstić information content (AvgIpc) is 1.93. The molecule has 0 saturated carbocycles. The lowest BCUT2D eigenvalue weighted by molar-refractivity contribution is -0.164. The molecule has 1 unspecified atom stereocenters. The Morgan fingerprint density at radius 2 is 2.15 bits per heavy atom. The van der Waals surface area contributed by atoms with Gasteiger partial charge < -0.3 is 4.90 Å². The first-order chi connectivity index (χ1) is 5.88. The quantitative estimate of drug-likeness (QED) is 0.624. The van der Waals surface area contributed by atoms with Crippen molar-refractivity contribution in [2.24, 2.45) is 5.92 Å². The largest absolute Gasteiger partial charge is 0.406 e. The molecule has 1 amide bonds. The van der Waals surface area contributed by atoms with Gasteiger partial charge in [0, 0.05) is 13.0 Å². The third-order valence-corrected chi connectivity index (χ3v) is 2.14. The molecule has 0 aromatic heterocycles. The van der Waals surface area contributed by atoms with Gasteiger partial charge in [0.25, 0.3) is 0 Å². The van der Waals surface area contributed by atoms with Crippen LogP contribution in [0.1, 0.15) is 19.8 Å². The maximum atomic E-state index is 11.9. The molecule has 13 heavy (non-hydrogen) atoms. The van der Waals surface area contributed by atoms with Gasteiger partial charge in [0.2, 0.25) is 5.91 Å². The zero-order valence-corrected chi connectivity index (χ0v) is 7.40. The Kier molecular flexibility index (Phi) is 2.83. The number of alkyl halides is 3. The van der Waals surface area contributed by atoms with Crippen molar-refractivity contribution in [1.29, 1.82) is 0 Å². The van der Waals surface area contributed by atoms with Crippen molar-refractivity contribution in [2.75, 3.05) is 13.1 Å². The molecule has 0 aliphatic carbocycles. The van der Waals surface area contributed by atoms with Crippen LogP contribution in [-0.2, 0) is 4.79 Å². The number of amides is 1. The van der Waals surface area contributed by atoms with Crippen LogP contribution in [0.25, 0.3) is 0 Å². The molecule has 1 heterocycles. The first-order valence-corrected chi connectivity index (χ1v) is 4.23. The van der Waals surface area contributed by atoms with Crippen molar-refractivity contribution in [2.45, 2.75) is 25.9 Å². The molecule has 0 aromatic carbocycles. The Morgan fingerprint density at radius 1 is 1.54 bits per heavy atom. The van der Waals surface area contributed by atoms with Crippen LogP contribution in [0.3, 0.4) is 0 Å². The second kappa shape index (κ2) is 3.55. The van der Waals surface area contributed by atoms with Crippen LogP contribution >= 0.6 is 0 Å². The number of halogens is 3. The van der Waals surface area contributed by atoms with Gasteiger partial charge in [-0.3, -0.25) is 4.79 Å². The molecule has 1 atom stereocenters. The summed E-state index contributed by atoms with van der Waals surface area (Å²) in [5.74, 6) is -0.159. The van der Waals surface area contributed by atoms with E-state index >= 15 is 0 Å². The summed E-state index contributed by atoms with van der Waals surface area (Å²) in [5, 5.41) is 0. The number of rotatable bonds is 1. The summed E-state index contributed by atoms with van der Waals surface area (Å²) in [6.45, 7) is 1.01. The zero-order chi connectivity index (χ0) is 10.1. The molecule has 1 rings (SSSR count). The molecule has 76 valence electrons. The van der Waals surface area contributed by atoms with Crippen LogP contribution in [0.5, 0.6) is 0 Å². The molecule has 1 aliphatic heterocycles. The zero-order valence-electron chi connectivity index (χ0n) is 7.40. The van der Waals surface area contributed by atoms with Gasteiger partial charge in [-0.05, 0) is 12.3 Å². The highest BCUT2D eigenvalue weighted by molar-refractivity contribution is 5.77. The van der Waals surface area contributed by atoms with Gasteiger partial charge >= 0.3 is 6.18 Å². The molecule has 2 nitrogen and oxygen atoms in total. The van der Waals surface area contributed by atoms with E-state index in [1.807, 2.05) is 6.92 Å². The van der Waals surface area contributed by atoms with Gasteiger partial charge in [-0.1, -0.05) is 6.92 Å². The fraction of sp³-hybridized carbons (Fsp3) is 0.875. The van der Waals surface area contributed by atoms with E-state index in [4.69, 9.17) is 0 Å². The van der Waals surface area contributed by atoms with Crippen molar-refractivity contribution in [1.82, 2.24) is 4.90 Å². The predicted molar refractivity (Wildman–Crippen MR) is 41.0 cm³/mol. The molecule has 0 bridgehead atoms. The fourth-order valence-corrected chi connectivity index (χ4v) is 1.41. The van der Waals surface area contributed by atoms with Gasteiger partial charge in [-0.25, -0.2) is 0 Å². The van der Waals surface area contributed by atoms with Gasteiger partial charge in [-0.2, -0.15) is 13.2 Å². The second-order valence-electron chi connectivity index (χ2n) is 3.53. The number of nitrogens with zero attached hydrogens (tertiary/aromatic N) is 1. The number of piperidine rings is 1. The van der Waals surface area contributed by atoms with Crippen LogP contribution < -0.4 is 0 Å². The molecule has 0 N–H and O–H groups in total. The number of likely N-dealkylation sites (tertiary alicyclic amines) is 1. The number of carbonyl (C=O) groups is 1. The highest BCUT2D eigenvalue weighted by Crippen LogP contribution is 2.22. The fourth-order valence-electron chi connectivity index (χ4n) is 1.41. The third kappa shape index (κ3) is 3.24. The van der Waals surface area contributed by atoms with Gasteiger partial charge in [0.15, 0.2) is 0 Å². The SMILES string of the molecule is CC1CCN(CC(F)(F)F)C(=O)C1. The first-order valence-electron chi connectivity index (χ1n) is 4.23. The van der Waals surface area contributed by atoms with E-state index in [1.165, 1.54) is 0 Å².